The first-order chi connectivity index (χ1) is 9.19. The number of nitro groups is 1. The fourth-order valence-corrected chi connectivity index (χ4v) is 1.21. The lowest BCUT2D eigenvalue weighted by atomic mass is 10.2. The van der Waals surface area contributed by atoms with E-state index in [1.807, 2.05) is 0 Å². The number of nitrogens with zero attached hydrogens (tertiary/aromatic N) is 2. The minimum absolute atomic E-state index is 0.0371. The zero-order chi connectivity index (χ0) is 15.3. The van der Waals surface area contributed by atoms with Gasteiger partial charge < -0.3 is 4.74 Å². The van der Waals surface area contributed by atoms with E-state index in [1.165, 1.54) is 0 Å². The molecule has 9 heteroatoms. The van der Waals surface area contributed by atoms with Crippen molar-refractivity contribution in [3.8, 4) is 0 Å². The van der Waals surface area contributed by atoms with Gasteiger partial charge in [0.05, 0.1) is 4.92 Å². The van der Waals surface area contributed by atoms with Gasteiger partial charge in [-0.3, -0.25) is 14.9 Å². The molecular weight excluding hydrogens is 281 g/mol. The largest absolute Gasteiger partial charge is 0.408 e. The monoisotopic (exact) mass is 290 g/mol. The number of alkyl halides is 3. The third kappa shape index (κ3) is 5.04. The molecule has 108 valence electrons. The maximum Gasteiger partial charge on any atom is 0.408 e. The van der Waals surface area contributed by atoms with Crippen molar-refractivity contribution in [3.05, 3.63) is 39.9 Å². The molecule has 1 aromatic rings. The number of carbonyl (C=O) groups excluding carboxylic acids is 1. The molecule has 0 spiro atoms. The fourth-order valence-electron chi connectivity index (χ4n) is 1.21. The summed E-state index contributed by atoms with van der Waals surface area (Å²) >= 11 is 0. The molecule has 0 aliphatic heterocycles. The standard InChI is InChI=1S/C11H9F3N2O4/c1-7(17)20-10(15-6-11(12,13)14)8-2-4-9(5-3-8)16(18)19/h2-5H,6H2,1H3. The second-order valence-electron chi connectivity index (χ2n) is 3.63. The summed E-state index contributed by atoms with van der Waals surface area (Å²) in [5, 5.41) is 10.5. The van der Waals surface area contributed by atoms with E-state index in [-0.39, 0.29) is 11.3 Å². The SMILES string of the molecule is CC(=O)OC(=NCC(F)(F)F)c1ccc([N+](=O)[O-])cc1. The Morgan fingerprint density at radius 3 is 2.30 bits per heavy atom. The lowest BCUT2D eigenvalue weighted by Crippen LogP contribution is -2.17. The number of hydrogen-bond acceptors (Lipinski definition) is 5. The lowest BCUT2D eigenvalue weighted by molar-refractivity contribution is -0.384. The number of esters is 1. The van der Waals surface area contributed by atoms with E-state index in [1.54, 1.807) is 0 Å². The number of non-ortho nitro benzene ring substituents is 1. The average Bonchev–Trinajstić information content (AvgIpc) is 2.33. The smallest absolute Gasteiger partial charge is 0.407 e. The van der Waals surface area contributed by atoms with Gasteiger partial charge in [0, 0.05) is 24.6 Å². The van der Waals surface area contributed by atoms with Gasteiger partial charge >= 0.3 is 12.1 Å². The van der Waals surface area contributed by atoms with E-state index < -0.39 is 29.5 Å². The van der Waals surface area contributed by atoms with Gasteiger partial charge in [-0.1, -0.05) is 0 Å². The molecular formula is C11H9F3N2O4. The van der Waals surface area contributed by atoms with Crippen LogP contribution in [0.4, 0.5) is 18.9 Å². The van der Waals surface area contributed by atoms with Gasteiger partial charge in [-0.25, -0.2) is 4.99 Å². The molecule has 0 bridgehead atoms. The van der Waals surface area contributed by atoms with Gasteiger partial charge in [0.2, 0.25) is 5.90 Å². The summed E-state index contributed by atoms with van der Waals surface area (Å²) in [5.41, 5.74) is -0.207. The fraction of sp³-hybridized carbons (Fsp3) is 0.273. The quantitative estimate of drug-likeness (QED) is 0.281. The maximum atomic E-state index is 12.1. The van der Waals surface area contributed by atoms with Crippen LogP contribution in [0.5, 0.6) is 0 Å². The van der Waals surface area contributed by atoms with Crippen LogP contribution in [-0.2, 0) is 9.53 Å². The topological polar surface area (TPSA) is 81.8 Å². The highest BCUT2D eigenvalue weighted by Gasteiger charge is 2.27. The van der Waals surface area contributed by atoms with Crippen LogP contribution in [0.15, 0.2) is 29.3 Å². The summed E-state index contributed by atoms with van der Waals surface area (Å²) in [5.74, 6) is -1.38. The summed E-state index contributed by atoms with van der Waals surface area (Å²) in [6.07, 6.45) is -4.55. The molecule has 0 aliphatic carbocycles. The van der Waals surface area contributed by atoms with E-state index in [2.05, 4.69) is 9.73 Å². The number of benzene rings is 1. The van der Waals surface area contributed by atoms with Gasteiger partial charge in [-0.2, -0.15) is 13.2 Å². The van der Waals surface area contributed by atoms with Crippen LogP contribution in [0.2, 0.25) is 0 Å². The van der Waals surface area contributed by atoms with Gasteiger partial charge in [0.15, 0.2) is 0 Å². The predicted octanol–water partition coefficient (Wildman–Crippen LogP) is 2.47. The second-order valence-corrected chi connectivity index (χ2v) is 3.63. The lowest BCUT2D eigenvalue weighted by Gasteiger charge is -2.07. The zero-order valence-electron chi connectivity index (χ0n) is 10.2. The van der Waals surface area contributed by atoms with Crippen LogP contribution in [0, 0.1) is 10.1 Å². The molecule has 20 heavy (non-hydrogen) atoms. The number of carbonyl (C=O) groups is 1. The molecule has 0 radical (unpaired) electrons. The minimum Gasteiger partial charge on any atom is -0.407 e. The Morgan fingerprint density at radius 1 is 1.35 bits per heavy atom. The van der Waals surface area contributed by atoms with Gasteiger partial charge in [-0.15, -0.1) is 0 Å². The van der Waals surface area contributed by atoms with E-state index in [9.17, 15) is 28.1 Å². The van der Waals surface area contributed by atoms with Crippen molar-refractivity contribution < 1.29 is 27.6 Å². The van der Waals surface area contributed by atoms with Crippen molar-refractivity contribution >= 4 is 17.6 Å². The number of rotatable bonds is 3. The Hall–Kier alpha value is -2.45. The van der Waals surface area contributed by atoms with Crippen LogP contribution in [-0.4, -0.2) is 29.5 Å². The first kappa shape index (κ1) is 15.6. The Balaban J connectivity index is 3.04. The van der Waals surface area contributed by atoms with E-state index in [4.69, 9.17) is 0 Å². The minimum atomic E-state index is -4.55. The van der Waals surface area contributed by atoms with Crippen LogP contribution in [0.25, 0.3) is 0 Å². The number of ether oxygens (including phenoxy) is 1. The third-order valence-electron chi connectivity index (χ3n) is 1.97. The number of aliphatic imine (C=N–C) groups is 1. The van der Waals surface area contributed by atoms with Gasteiger partial charge in [0.1, 0.15) is 6.54 Å². The van der Waals surface area contributed by atoms with Gasteiger partial charge in [-0.05, 0) is 12.1 Å². The van der Waals surface area contributed by atoms with Crippen molar-refractivity contribution in [2.75, 3.05) is 6.54 Å². The maximum absolute atomic E-state index is 12.1. The van der Waals surface area contributed by atoms with E-state index in [0.29, 0.717) is 0 Å². The Morgan fingerprint density at radius 2 is 1.90 bits per heavy atom. The van der Waals surface area contributed by atoms with E-state index >= 15 is 0 Å². The normalized spacial score (nSPS) is 12.1. The summed E-state index contributed by atoms with van der Waals surface area (Å²) in [6, 6.07) is 4.44. The Labute approximate surface area is 111 Å². The van der Waals surface area contributed by atoms with Crippen LogP contribution in [0.1, 0.15) is 12.5 Å². The third-order valence-corrected chi connectivity index (χ3v) is 1.97. The predicted molar refractivity (Wildman–Crippen MR) is 62.3 cm³/mol. The van der Waals surface area contributed by atoms with Crippen molar-refractivity contribution in [1.29, 1.82) is 0 Å². The molecule has 0 heterocycles. The van der Waals surface area contributed by atoms with Crippen LogP contribution >= 0.6 is 0 Å². The Kier molecular flexibility index (Phi) is 4.78. The molecule has 0 saturated heterocycles. The molecule has 0 saturated carbocycles. The Bertz CT molecular complexity index is 538. The molecule has 0 N–H and O–H groups in total. The van der Waals surface area contributed by atoms with Crippen LogP contribution < -0.4 is 0 Å². The molecule has 1 rings (SSSR count). The van der Waals surface area contributed by atoms with Crippen molar-refractivity contribution in [3.63, 3.8) is 0 Å². The molecule has 0 aromatic heterocycles. The highest BCUT2D eigenvalue weighted by Crippen LogP contribution is 2.17. The first-order valence-electron chi connectivity index (χ1n) is 5.23. The number of halogens is 3. The first-order valence-corrected chi connectivity index (χ1v) is 5.23. The summed E-state index contributed by atoms with van der Waals surface area (Å²) in [4.78, 5) is 23.8. The van der Waals surface area contributed by atoms with Crippen molar-refractivity contribution in [2.24, 2.45) is 4.99 Å². The summed E-state index contributed by atoms with van der Waals surface area (Å²) in [6.45, 7) is -0.513. The molecule has 0 unspecified atom stereocenters. The highest BCUT2D eigenvalue weighted by atomic mass is 19.4. The zero-order valence-corrected chi connectivity index (χ0v) is 10.2. The number of nitro benzene ring substituents is 1. The van der Waals surface area contributed by atoms with Crippen molar-refractivity contribution in [2.45, 2.75) is 13.1 Å². The average molecular weight is 290 g/mol. The van der Waals surface area contributed by atoms with Gasteiger partial charge in [0.25, 0.3) is 5.69 Å². The highest BCUT2D eigenvalue weighted by molar-refractivity contribution is 6.00. The van der Waals surface area contributed by atoms with E-state index in [0.717, 1.165) is 31.2 Å². The second kappa shape index (κ2) is 6.13. The molecule has 0 aliphatic rings. The van der Waals surface area contributed by atoms with Crippen LogP contribution in [0.3, 0.4) is 0 Å². The summed E-state index contributed by atoms with van der Waals surface area (Å²) in [7, 11) is 0. The molecule has 6 nitrogen and oxygen atoms in total. The molecule has 0 fully saturated rings. The number of hydrogen-bond donors (Lipinski definition) is 0. The van der Waals surface area contributed by atoms with Crippen molar-refractivity contribution in [1.82, 2.24) is 0 Å². The summed E-state index contributed by atoms with van der Waals surface area (Å²) < 4.78 is 40.9. The molecule has 0 atom stereocenters. The molecule has 1 aromatic carbocycles. The molecule has 0 amide bonds.